The van der Waals surface area contributed by atoms with Crippen LogP contribution in [0.25, 0.3) is 0 Å². The topological polar surface area (TPSA) is 0 Å². The molecule has 0 aromatic heterocycles. The molecule has 0 fully saturated rings. The van der Waals surface area contributed by atoms with E-state index in [-0.39, 0.29) is 12.9 Å². The van der Waals surface area contributed by atoms with E-state index in [2.05, 4.69) is 0 Å². The first-order valence-electron chi connectivity index (χ1n) is 2.76. The first kappa shape index (κ1) is 12.0. The normalized spacial score (nSPS) is 9.69. The molecule has 0 N–H and O–H groups in total. The van der Waals surface area contributed by atoms with Gasteiger partial charge in [0.1, 0.15) is 11.6 Å². The molecule has 5 heteroatoms. The zero-order valence-electron chi connectivity index (χ0n) is 5.51. The van der Waals surface area contributed by atoms with Gasteiger partial charge in [0, 0.05) is 5.56 Å². The van der Waals surface area contributed by atoms with Gasteiger partial charge in [0.2, 0.25) is 0 Å². The molecule has 13 heavy (non-hydrogen) atoms. The van der Waals surface area contributed by atoms with E-state index in [0.29, 0.717) is 0 Å². The lowest BCUT2D eigenvalue weighted by Gasteiger charge is -2.08. The van der Waals surface area contributed by atoms with Crippen LogP contribution in [0.1, 0.15) is 13.0 Å². The summed E-state index contributed by atoms with van der Waals surface area (Å²) < 4.78 is 50.8. The van der Waals surface area contributed by atoms with Crippen LogP contribution in [0.15, 0.2) is 0 Å². The van der Waals surface area contributed by atoms with Crippen molar-refractivity contribution in [2.75, 3.05) is 0 Å². The maximum Gasteiger partial charge on any atom is 0.161 e. The first-order chi connectivity index (χ1) is 5.46. The molecule has 0 unspecified atom stereocenters. The van der Waals surface area contributed by atoms with Crippen LogP contribution in [-0.2, 0) is 0 Å². The van der Waals surface area contributed by atoms with Gasteiger partial charge in [-0.05, 0) is 14.8 Å². The first-order valence-corrected chi connectivity index (χ1v) is 2.76. The molecule has 0 nitrogen and oxygen atoms in total. The second-order valence-electron chi connectivity index (χ2n) is 2.01. The lowest BCUT2D eigenvalue weighted by atomic mass is 9.93. The Kier molecular flexibility index (Phi) is 3.52. The molecule has 0 bridgehead atoms. The molecule has 0 aliphatic carbocycles. The third kappa shape index (κ3) is 1.69. The van der Waals surface area contributed by atoms with Crippen LogP contribution in [0, 0.1) is 30.2 Å². The fourth-order valence-corrected chi connectivity index (χ4v) is 0.632. The average molecular weight is 193 g/mol. The van der Waals surface area contributed by atoms with Gasteiger partial charge in [-0.25, -0.2) is 17.6 Å². The molecule has 0 atom stereocenters. The van der Waals surface area contributed by atoms with Crippen molar-refractivity contribution >= 4 is 13.3 Å². The monoisotopic (exact) mass is 193 g/mol. The summed E-state index contributed by atoms with van der Waals surface area (Å²) in [5, 5.41) is 0. The van der Waals surface area contributed by atoms with Crippen LogP contribution < -0.4 is 5.46 Å². The zero-order chi connectivity index (χ0) is 9.46. The lowest BCUT2D eigenvalue weighted by Crippen LogP contribution is -2.19. The maximum absolute atomic E-state index is 12.7. The molecular weight excluding hydrogens is 183 g/mol. The van der Waals surface area contributed by atoms with Crippen LogP contribution in [0.2, 0.25) is 0 Å². The van der Waals surface area contributed by atoms with Crippen molar-refractivity contribution in [1.29, 1.82) is 0 Å². The predicted octanol–water partition coefficient (Wildman–Crippen LogP) is 1.18. The summed E-state index contributed by atoms with van der Waals surface area (Å²) in [6.07, 6.45) is 0. The van der Waals surface area contributed by atoms with Crippen LogP contribution in [0.3, 0.4) is 0 Å². The number of halogens is 4. The Balaban J connectivity index is 0.00000144. The van der Waals surface area contributed by atoms with Crippen molar-refractivity contribution < 1.29 is 17.6 Å². The van der Waals surface area contributed by atoms with Gasteiger partial charge >= 0.3 is 0 Å². The van der Waals surface area contributed by atoms with Crippen LogP contribution in [0.5, 0.6) is 0 Å². The molecule has 0 radical (unpaired) electrons. The maximum atomic E-state index is 12.7. The molecule has 0 amide bonds. The van der Waals surface area contributed by atoms with Gasteiger partial charge in [0.15, 0.2) is 11.6 Å². The molecule has 74 valence electrons. The summed E-state index contributed by atoms with van der Waals surface area (Å²) in [6, 6.07) is 0. The Morgan fingerprint density at radius 1 is 0.846 bits per heavy atom. The average Bonchev–Trinajstić information content (AvgIpc) is 2.08. The Labute approximate surface area is 75.0 Å². The van der Waals surface area contributed by atoms with Gasteiger partial charge in [0.25, 0.3) is 0 Å². The Hall–Kier alpha value is -0.995. The van der Waals surface area contributed by atoms with Gasteiger partial charge in [-0.2, -0.15) is 0 Å². The second kappa shape index (κ2) is 3.81. The highest BCUT2D eigenvalue weighted by Gasteiger charge is 2.16. The number of benzene rings is 1. The van der Waals surface area contributed by atoms with E-state index in [1.165, 1.54) is 0 Å². The molecule has 1 rings (SSSR count). The smallest absolute Gasteiger partial charge is 0.161 e. The fraction of sp³-hybridized carbons (Fsp3) is 0.250. The van der Waals surface area contributed by atoms with E-state index < -0.39 is 36.7 Å². The molecule has 0 saturated carbocycles. The number of rotatable bonds is 0. The van der Waals surface area contributed by atoms with Crippen molar-refractivity contribution in [3.63, 3.8) is 0 Å². The fourth-order valence-electron chi connectivity index (χ4n) is 0.632. The quantitative estimate of drug-likeness (QED) is 0.329. The number of hydrogen-bond donors (Lipinski definition) is 0. The van der Waals surface area contributed by atoms with Crippen molar-refractivity contribution in [2.24, 2.45) is 0 Å². The predicted molar refractivity (Wildman–Crippen MR) is 47.3 cm³/mol. The van der Waals surface area contributed by atoms with Crippen molar-refractivity contribution in [3.8, 4) is 0 Å². The minimum Gasteiger partial charge on any atom is -0.207 e. The van der Waals surface area contributed by atoms with E-state index in [1.54, 1.807) is 0 Å². The number of hydrogen-bond acceptors (Lipinski definition) is 0. The zero-order valence-corrected chi connectivity index (χ0v) is 5.51. The molecule has 0 saturated heterocycles. The molecule has 0 aliphatic heterocycles. The van der Waals surface area contributed by atoms with E-state index in [4.69, 9.17) is 0 Å². The van der Waals surface area contributed by atoms with E-state index in [9.17, 15) is 17.6 Å². The van der Waals surface area contributed by atoms with Crippen LogP contribution in [0.4, 0.5) is 17.6 Å². The molecule has 1 aromatic rings. The van der Waals surface area contributed by atoms with E-state index in [0.717, 1.165) is 6.92 Å². The van der Waals surface area contributed by atoms with Gasteiger partial charge < -0.3 is 0 Å². The minimum absolute atomic E-state index is 0. The van der Waals surface area contributed by atoms with E-state index >= 15 is 0 Å². The summed E-state index contributed by atoms with van der Waals surface area (Å²) in [4.78, 5) is 0. The molecule has 0 heterocycles. The van der Waals surface area contributed by atoms with Crippen molar-refractivity contribution in [1.82, 2.24) is 0 Å². The summed E-state index contributed by atoms with van der Waals surface area (Å²) >= 11 is 0. The molecule has 0 spiro atoms. The molecule has 1 aromatic carbocycles. The molecule has 0 aliphatic rings. The second-order valence-corrected chi connectivity index (χ2v) is 2.01. The highest BCUT2D eigenvalue weighted by molar-refractivity contribution is 6.32. The Morgan fingerprint density at radius 3 is 1.46 bits per heavy atom. The molecular formula is C8H10BF4-. The van der Waals surface area contributed by atoms with Crippen molar-refractivity contribution in [3.05, 3.63) is 28.8 Å². The SMILES string of the molecule is C.[BH3-]c1c(F)c(F)c(C)c(F)c1F. The summed E-state index contributed by atoms with van der Waals surface area (Å²) in [7, 11) is -0.888. The highest BCUT2D eigenvalue weighted by atomic mass is 19.2. The highest BCUT2D eigenvalue weighted by Crippen LogP contribution is 2.15. The van der Waals surface area contributed by atoms with Gasteiger partial charge in [0.05, 0.1) is 0 Å². The van der Waals surface area contributed by atoms with Gasteiger partial charge in [-0.3, -0.25) is 0 Å². The largest absolute Gasteiger partial charge is 0.207 e. The van der Waals surface area contributed by atoms with E-state index in [1.807, 2.05) is 0 Å². The third-order valence-electron chi connectivity index (χ3n) is 1.26. The van der Waals surface area contributed by atoms with Crippen LogP contribution in [-0.4, -0.2) is 7.85 Å². The standard InChI is InChI=1S/C7H6BF4.CH4/c1-2-4(9)6(11)3(8)7(12)5(2)10;/h1,8H3;1H4/q-1;. The Bertz CT molecular complexity index is 230. The lowest BCUT2D eigenvalue weighted by molar-refractivity contribution is 0.454. The van der Waals surface area contributed by atoms with Gasteiger partial charge in [-0.15, -0.1) is 5.46 Å². The van der Waals surface area contributed by atoms with Crippen LogP contribution >= 0.6 is 0 Å². The summed E-state index contributed by atoms with van der Waals surface area (Å²) in [5.74, 6) is -4.96. The summed E-state index contributed by atoms with van der Waals surface area (Å²) in [5.41, 5.74) is -0.968. The summed E-state index contributed by atoms with van der Waals surface area (Å²) in [6.45, 7) is 1.01. The van der Waals surface area contributed by atoms with Crippen molar-refractivity contribution in [2.45, 2.75) is 14.4 Å². The van der Waals surface area contributed by atoms with Gasteiger partial charge in [-0.1, -0.05) is 7.43 Å². The Morgan fingerprint density at radius 2 is 1.15 bits per heavy atom. The minimum atomic E-state index is -1.26. The third-order valence-corrected chi connectivity index (χ3v) is 1.26.